The lowest BCUT2D eigenvalue weighted by atomic mass is 10.4. The van der Waals surface area contributed by atoms with Gasteiger partial charge in [0.2, 0.25) is 0 Å². The van der Waals surface area contributed by atoms with Crippen molar-refractivity contribution in [3.05, 3.63) is 12.3 Å². The zero-order valence-corrected chi connectivity index (χ0v) is 6.75. The van der Waals surface area contributed by atoms with Crippen molar-refractivity contribution in [3.63, 3.8) is 0 Å². The first kappa shape index (κ1) is 8.27. The standard InChI is InChI=1S/C8H13NO2/c1-8(10)2-3-9-4-6-11-7-5-9/h2-3H,4-7H2,1H3. The lowest BCUT2D eigenvalue weighted by Crippen LogP contribution is -2.32. The molecule has 0 amide bonds. The quantitative estimate of drug-likeness (QED) is 0.541. The Balaban J connectivity index is 2.29. The summed E-state index contributed by atoms with van der Waals surface area (Å²) in [5.41, 5.74) is 0. The summed E-state index contributed by atoms with van der Waals surface area (Å²) in [6.07, 6.45) is 3.43. The minimum atomic E-state index is 0.0940. The first-order chi connectivity index (χ1) is 5.29. The summed E-state index contributed by atoms with van der Waals surface area (Å²) in [6.45, 7) is 4.87. The molecule has 0 unspecified atom stereocenters. The zero-order valence-electron chi connectivity index (χ0n) is 6.75. The van der Waals surface area contributed by atoms with Crippen molar-refractivity contribution in [2.75, 3.05) is 26.3 Å². The largest absolute Gasteiger partial charge is 0.378 e. The van der Waals surface area contributed by atoms with E-state index < -0.39 is 0 Å². The van der Waals surface area contributed by atoms with E-state index in [1.807, 2.05) is 6.20 Å². The number of ether oxygens (including phenoxy) is 1. The van der Waals surface area contributed by atoms with Gasteiger partial charge in [-0.3, -0.25) is 4.79 Å². The smallest absolute Gasteiger partial charge is 0.154 e. The molecular weight excluding hydrogens is 142 g/mol. The highest BCUT2D eigenvalue weighted by molar-refractivity contribution is 5.87. The summed E-state index contributed by atoms with van der Waals surface area (Å²) >= 11 is 0. The van der Waals surface area contributed by atoms with Crippen molar-refractivity contribution in [2.45, 2.75) is 6.92 Å². The molecule has 0 aliphatic carbocycles. The molecule has 0 radical (unpaired) electrons. The number of morpholine rings is 1. The second-order valence-electron chi connectivity index (χ2n) is 2.57. The lowest BCUT2D eigenvalue weighted by molar-refractivity contribution is -0.112. The Bertz CT molecular complexity index is 159. The molecule has 0 bridgehead atoms. The molecule has 1 saturated heterocycles. The van der Waals surface area contributed by atoms with Crippen LogP contribution in [0.25, 0.3) is 0 Å². The highest BCUT2D eigenvalue weighted by Gasteiger charge is 2.04. The summed E-state index contributed by atoms with van der Waals surface area (Å²) in [5.74, 6) is 0.0940. The van der Waals surface area contributed by atoms with Crippen molar-refractivity contribution >= 4 is 5.78 Å². The topological polar surface area (TPSA) is 29.5 Å². The van der Waals surface area contributed by atoms with E-state index in [-0.39, 0.29) is 5.78 Å². The average Bonchev–Trinajstić information content (AvgIpc) is 2.03. The molecule has 1 rings (SSSR count). The minimum Gasteiger partial charge on any atom is -0.378 e. The maximum Gasteiger partial charge on any atom is 0.154 e. The summed E-state index contributed by atoms with van der Waals surface area (Å²) in [6, 6.07) is 0. The van der Waals surface area contributed by atoms with Crippen LogP contribution < -0.4 is 0 Å². The van der Waals surface area contributed by atoms with Gasteiger partial charge in [-0.25, -0.2) is 0 Å². The molecule has 1 aliphatic heterocycles. The molecule has 1 aliphatic rings. The highest BCUT2D eigenvalue weighted by Crippen LogP contribution is 1.96. The zero-order chi connectivity index (χ0) is 8.10. The van der Waals surface area contributed by atoms with E-state index in [0.717, 1.165) is 26.3 Å². The Labute approximate surface area is 66.6 Å². The SMILES string of the molecule is CC(=O)C=CN1CCOCC1. The molecule has 11 heavy (non-hydrogen) atoms. The normalized spacial score (nSPS) is 19.2. The van der Waals surface area contributed by atoms with Crippen LogP contribution in [-0.2, 0) is 9.53 Å². The highest BCUT2D eigenvalue weighted by atomic mass is 16.5. The fourth-order valence-electron chi connectivity index (χ4n) is 0.937. The first-order valence-electron chi connectivity index (χ1n) is 3.79. The van der Waals surface area contributed by atoms with E-state index >= 15 is 0 Å². The maximum atomic E-state index is 10.5. The fraction of sp³-hybridized carbons (Fsp3) is 0.625. The first-order valence-corrected chi connectivity index (χ1v) is 3.79. The van der Waals surface area contributed by atoms with Gasteiger partial charge in [0.25, 0.3) is 0 Å². The third kappa shape index (κ3) is 3.18. The molecule has 0 aromatic carbocycles. The number of carbonyl (C=O) groups excluding carboxylic acids is 1. The van der Waals surface area contributed by atoms with E-state index in [4.69, 9.17) is 4.74 Å². The van der Waals surface area contributed by atoms with E-state index in [1.54, 1.807) is 13.0 Å². The van der Waals surface area contributed by atoms with E-state index in [2.05, 4.69) is 4.90 Å². The van der Waals surface area contributed by atoms with Crippen LogP contribution in [0.4, 0.5) is 0 Å². The molecule has 62 valence electrons. The van der Waals surface area contributed by atoms with Crippen molar-refractivity contribution in [1.29, 1.82) is 0 Å². The Morgan fingerprint density at radius 1 is 1.45 bits per heavy atom. The van der Waals surface area contributed by atoms with Crippen LogP contribution in [0.3, 0.4) is 0 Å². The fourth-order valence-corrected chi connectivity index (χ4v) is 0.937. The summed E-state index contributed by atoms with van der Waals surface area (Å²) in [4.78, 5) is 12.6. The maximum absolute atomic E-state index is 10.5. The third-order valence-electron chi connectivity index (χ3n) is 1.57. The molecule has 1 fully saturated rings. The number of ketones is 1. The van der Waals surface area contributed by atoms with Crippen LogP contribution in [0.1, 0.15) is 6.92 Å². The van der Waals surface area contributed by atoms with Crippen molar-refractivity contribution < 1.29 is 9.53 Å². The molecule has 0 saturated carbocycles. The van der Waals surface area contributed by atoms with Crippen molar-refractivity contribution in [2.24, 2.45) is 0 Å². The van der Waals surface area contributed by atoms with Crippen molar-refractivity contribution in [3.8, 4) is 0 Å². The minimum absolute atomic E-state index is 0.0940. The van der Waals surface area contributed by atoms with Gasteiger partial charge in [-0.15, -0.1) is 0 Å². The lowest BCUT2D eigenvalue weighted by Gasteiger charge is -2.24. The Morgan fingerprint density at radius 2 is 2.09 bits per heavy atom. The van der Waals surface area contributed by atoms with Gasteiger partial charge in [0, 0.05) is 19.3 Å². The van der Waals surface area contributed by atoms with E-state index in [9.17, 15) is 4.79 Å². The van der Waals surface area contributed by atoms with Crippen LogP contribution in [0.5, 0.6) is 0 Å². The molecule has 3 heteroatoms. The van der Waals surface area contributed by atoms with Gasteiger partial charge in [0.1, 0.15) is 0 Å². The molecule has 1 heterocycles. The number of allylic oxidation sites excluding steroid dienone is 1. The van der Waals surface area contributed by atoms with Gasteiger partial charge in [-0.1, -0.05) is 0 Å². The number of carbonyl (C=O) groups is 1. The Kier molecular flexibility index (Phi) is 3.11. The van der Waals surface area contributed by atoms with Crippen LogP contribution in [0.15, 0.2) is 12.3 Å². The van der Waals surface area contributed by atoms with Gasteiger partial charge < -0.3 is 9.64 Å². The van der Waals surface area contributed by atoms with Gasteiger partial charge in [-0.2, -0.15) is 0 Å². The van der Waals surface area contributed by atoms with Gasteiger partial charge in [0.05, 0.1) is 13.2 Å². The average molecular weight is 155 g/mol. The monoisotopic (exact) mass is 155 g/mol. The number of hydrogen-bond donors (Lipinski definition) is 0. The molecule has 0 N–H and O–H groups in total. The molecular formula is C8H13NO2. The predicted octanol–water partition coefficient (Wildman–Crippen LogP) is 0.421. The summed E-state index contributed by atoms with van der Waals surface area (Å²) in [5, 5.41) is 0. The summed E-state index contributed by atoms with van der Waals surface area (Å²) in [7, 11) is 0. The second kappa shape index (κ2) is 4.13. The Morgan fingerprint density at radius 3 is 2.64 bits per heavy atom. The van der Waals surface area contributed by atoms with E-state index in [0.29, 0.717) is 0 Å². The number of rotatable bonds is 2. The molecule has 0 aromatic heterocycles. The van der Waals surface area contributed by atoms with Crippen LogP contribution >= 0.6 is 0 Å². The van der Waals surface area contributed by atoms with Crippen LogP contribution in [0.2, 0.25) is 0 Å². The molecule has 0 aromatic rings. The van der Waals surface area contributed by atoms with E-state index in [1.165, 1.54) is 0 Å². The molecule has 0 atom stereocenters. The number of nitrogens with zero attached hydrogens (tertiary/aromatic N) is 1. The third-order valence-corrected chi connectivity index (χ3v) is 1.57. The van der Waals surface area contributed by atoms with Crippen LogP contribution in [-0.4, -0.2) is 37.0 Å². The second-order valence-corrected chi connectivity index (χ2v) is 2.57. The van der Waals surface area contributed by atoms with Gasteiger partial charge >= 0.3 is 0 Å². The Hall–Kier alpha value is -0.830. The van der Waals surface area contributed by atoms with Crippen molar-refractivity contribution in [1.82, 2.24) is 4.90 Å². The van der Waals surface area contributed by atoms with Gasteiger partial charge in [0.15, 0.2) is 5.78 Å². The number of hydrogen-bond acceptors (Lipinski definition) is 3. The predicted molar refractivity (Wildman–Crippen MR) is 42.2 cm³/mol. The van der Waals surface area contributed by atoms with Crippen LogP contribution in [0, 0.1) is 0 Å². The molecule has 0 spiro atoms. The van der Waals surface area contributed by atoms with Gasteiger partial charge in [-0.05, 0) is 13.0 Å². The molecule has 3 nitrogen and oxygen atoms in total. The summed E-state index contributed by atoms with van der Waals surface area (Å²) < 4.78 is 5.15.